The van der Waals surface area contributed by atoms with Gasteiger partial charge in [-0.3, -0.25) is 4.79 Å². The van der Waals surface area contributed by atoms with Gasteiger partial charge < -0.3 is 19.1 Å². The molecular formula is C18H21NO4. The Morgan fingerprint density at radius 1 is 0.957 bits per heavy atom. The van der Waals surface area contributed by atoms with Crippen LogP contribution in [0.1, 0.15) is 6.92 Å². The number of nitrogens with zero attached hydrogens (tertiary/aromatic N) is 1. The van der Waals surface area contributed by atoms with Crippen LogP contribution < -0.4 is 19.1 Å². The van der Waals surface area contributed by atoms with E-state index in [0.717, 1.165) is 5.69 Å². The van der Waals surface area contributed by atoms with Crippen molar-refractivity contribution in [3.63, 3.8) is 0 Å². The fourth-order valence-electron chi connectivity index (χ4n) is 2.30. The summed E-state index contributed by atoms with van der Waals surface area (Å²) < 4.78 is 16.2. The average Bonchev–Trinajstić information content (AvgIpc) is 2.61. The van der Waals surface area contributed by atoms with Crippen LogP contribution in [0.15, 0.2) is 48.5 Å². The summed E-state index contributed by atoms with van der Waals surface area (Å²) in [5.41, 5.74) is 0.848. The summed E-state index contributed by atoms with van der Waals surface area (Å²) in [6, 6.07) is 14.8. The van der Waals surface area contributed by atoms with Crippen LogP contribution in [-0.2, 0) is 4.79 Å². The fourth-order valence-corrected chi connectivity index (χ4v) is 2.30. The van der Waals surface area contributed by atoms with E-state index in [-0.39, 0.29) is 12.5 Å². The van der Waals surface area contributed by atoms with Crippen LogP contribution in [0.3, 0.4) is 0 Å². The van der Waals surface area contributed by atoms with Gasteiger partial charge in [0, 0.05) is 12.2 Å². The first-order valence-electron chi connectivity index (χ1n) is 7.40. The van der Waals surface area contributed by atoms with E-state index in [1.807, 2.05) is 37.3 Å². The zero-order valence-corrected chi connectivity index (χ0v) is 13.6. The molecule has 5 heteroatoms. The van der Waals surface area contributed by atoms with E-state index in [1.54, 1.807) is 30.2 Å². The molecule has 0 saturated heterocycles. The number of hydrogen-bond acceptors (Lipinski definition) is 4. The SMILES string of the molecule is CCN(C(=O)COc1cccc(OC)c1OC)c1ccccc1. The van der Waals surface area contributed by atoms with Crippen LogP contribution in [0.5, 0.6) is 17.2 Å². The molecule has 2 aromatic rings. The number of ether oxygens (including phenoxy) is 3. The summed E-state index contributed by atoms with van der Waals surface area (Å²) in [6.07, 6.45) is 0. The molecule has 0 fully saturated rings. The number of methoxy groups -OCH3 is 2. The van der Waals surface area contributed by atoms with Crippen molar-refractivity contribution in [1.82, 2.24) is 0 Å². The van der Waals surface area contributed by atoms with E-state index in [0.29, 0.717) is 23.8 Å². The maximum absolute atomic E-state index is 12.4. The maximum atomic E-state index is 12.4. The summed E-state index contributed by atoms with van der Waals surface area (Å²) in [5, 5.41) is 0. The lowest BCUT2D eigenvalue weighted by Crippen LogP contribution is -2.34. The molecule has 1 amide bonds. The van der Waals surface area contributed by atoms with Crippen molar-refractivity contribution in [3.8, 4) is 17.2 Å². The number of benzene rings is 2. The average molecular weight is 315 g/mol. The Balaban J connectivity index is 2.10. The zero-order valence-electron chi connectivity index (χ0n) is 13.6. The molecule has 122 valence electrons. The first-order valence-corrected chi connectivity index (χ1v) is 7.40. The van der Waals surface area contributed by atoms with Gasteiger partial charge in [0.2, 0.25) is 5.75 Å². The molecule has 2 aromatic carbocycles. The largest absolute Gasteiger partial charge is 0.493 e. The number of carbonyl (C=O) groups is 1. The van der Waals surface area contributed by atoms with Gasteiger partial charge in [0.15, 0.2) is 18.1 Å². The molecule has 0 N–H and O–H groups in total. The van der Waals surface area contributed by atoms with Gasteiger partial charge in [-0.25, -0.2) is 0 Å². The minimum atomic E-state index is -0.122. The summed E-state index contributed by atoms with van der Waals surface area (Å²) >= 11 is 0. The highest BCUT2D eigenvalue weighted by molar-refractivity contribution is 5.94. The molecule has 0 aliphatic carbocycles. The minimum absolute atomic E-state index is 0.0771. The van der Waals surface area contributed by atoms with Crippen LogP contribution >= 0.6 is 0 Å². The number of hydrogen-bond donors (Lipinski definition) is 0. The summed E-state index contributed by atoms with van der Waals surface area (Å²) in [4.78, 5) is 14.1. The first-order chi connectivity index (χ1) is 11.2. The van der Waals surface area contributed by atoms with Gasteiger partial charge in [0.25, 0.3) is 5.91 Å². The molecule has 0 radical (unpaired) electrons. The molecule has 0 saturated carbocycles. The molecule has 0 heterocycles. The molecule has 23 heavy (non-hydrogen) atoms. The summed E-state index contributed by atoms with van der Waals surface area (Å²) in [5.74, 6) is 1.39. The van der Waals surface area contributed by atoms with E-state index in [9.17, 15) is 4.79 Å². The number of rotatable bonds is 7. The van der Waals surface area contributed by atoms with Gasteiger partial charge >= 0.3 is 0 Å². The third-order valence-corrected chi connectivity index (χ3v) is 3.40. The first kappa shape index (κ1) is 16.7. The minimum Gasteiger partial charge on any atom is -0.493 e. The third-order valence-electron chi connectivity index (χ3n) is 3.40. The Bertz CT molecular complexity index is 643. The Morgan fingerprint density at radius 2 is 1.65 bits per heavy atom. The predicted molar refractivity (Wildman–Crippen MR) is 89.5 cm³/mol. The van der Waals surface area contributed by atoms with Crippen LogP contribution in [0, 0.1) is 0 Å². The smallest absolute Gasteiger partial charge is 0.264 e. The fraction of sp³-hybridized carbons (Fsp3) is 0.278. The third kappa shape index (κ3) is 3.94. The maximum Gasteiger partial charge on any atom is 0.264 e. The zero-order chi connectivity index (χ0) is 16.7. The van der Waals surface area contributed by atoms with Gasteiger partial charge in [-0.15, -0.1) is 0 Å². The number of likely N-dealkylation sites (N-methyl/N-ethyl adjacent to an activating group) is 1. The van der Waals surface area contributed by atoms with Crippen LogP contribution in [0.4, 0.5) is 5.69 Å². The monoisotopic (exact) mass is 315 g/mol. The molecule has 0 aliphatic rings. The van der Waals surface area contributed by atoms with E-state index in [1.165, 1.54) is 7.11 Å². The van der Waals surface area contributed by atoms with Gasteiger partial charge in [0.1, 0.15) is 0 Å². The quantitative estimate of drug-likeness (QED) is 0.787. The molecule has 0 unspecified atom stereocenters. The van der Waals surface area contributed by atoms with Gasteiger partial charge in [-0.1, -0.05) is 24.3 Å². The van der Waals surface area contributed by atoms with Crippen LogP contribution in [0.25, 0.3) is 0 Å². The number of anilines is 1. The van der Waals surface area contributed by atoms with Crippen molar-refractivity contribution in [2.75, 3.05) is 32.3 Å². The Hall–Kier alpha value is -2.69. The Labute approximate surface area is 136 Å². The summed E-state index contributed by atoms with van der Waals surface area (Å²) in [6.45, 7) is 2.42. The molecule has 0 aromatic heterocycles. The summed E-state index contributed by atoms with van der Waals surface area (Å²) in [7, 11) is 3.09. The second kappa shape index (κ2) is 8.08. The van der Waals surface area contributed by atoms with E-state index in [2.05, 4.69) is 0 Å². The van der Waals surface area contributed by atoms with E-state index >= 15 is 0 Å². The van der Waals surface area contributed by atoms with Crippen molar-refractivity contribution < 1.29 is 19.0 Å². The molecule has 5 nitrogen and oxygen atoms in total. The van der Waals surface area contributed by atoms with Crippen LogP contribution in [-0.4, -0.2) is 33.3 Å². The normalized spacial score (nSPS) is 10.0. The highest BCUT2D eigenvalue weighted by atomic mass is 16.5. The number of amides is 1. The second-order valence-electron chi connectivity index (χ2n) is 4.75. The molecular weight excluding hydrogens is 294 g/mol. The molecule has 0 spiro atoms. The van der Waals surface area contributed by atoms with Gasteiger partial charge in [-0.2, -0.15) is 0 Å². The highest BCUT2D eigenvalue weighted by Gasteiger charge is 2.16. The second-order valence-corrected chi connectivity index (χ2v) is 4.75. The van der Waals surface area contributed by atoms with Crippen molar-refractivity contribution in [1.29, 1.82) is 0 Å². The van der Waals surface area contributed by atoms with Crippen LogP contribution in [0.2, 0.25) is 0 Å². The molecule has 0 bridgehead atoms. The lowest BCUT2D eigenvalue weighted by molar-refractivity contribution is -0.120. The van der Waals surface area contributed by atoms with Crippen molar-refractivity contribution in [3.05, 3.63) is 48.5 Å². The molecule has 0 aliphatic heterocycles. The van der Waals surface area contributed by atoms with E-state index < -0.39 is 0 Å². The number of carbonyl (C=O) groups excluding carboxylic acids is 1. The van der Waals surface area contributed by atoms with Gasteiger partial charge in [0.05, 0.1) is 14.2 Å². The highest BCUT2D eigenvalue weighted by Crippen LogP contribution is 2.36. The Kier molecular flexibility index (Phi) is 5.86. The topological polar surface area (TPSA) is 48.0 Å². The molecule has 2 rings (SSSR count). The van der Waals surface area contributed by atoms with Crippen molar-refractivity contribution in [2.24, 2.45) is 0 Å². The van der Waals surface area contributed by atoms with Gasteiger partial charge in [-0.05, 0) is 31.2 Å². The lowest BCUT2D eigenvalue weighted by atomic mass is 10.3. The number of para-hydroxylation sites is 2. The standard InChI is InChI=1S/C18H21NO4/c1-4-19(14-9-6-5-7-10-14)17(20)13-23-16-12-8-11-15(21-2)18(16)22-3/h5-12H,4,13H2,1-3H3. The lowest BCUT2D eigenvalue weighted by Gasteiger charge is -2.21. The van der Waals surface area contributed by atoms with Crippen molar-refractivity contribution >= 4 is 11.6 Å². The van der Waals surface area contributed by atoms with E-state index in [4.69, 9.17) is 14.2 Å². The predicted octanol–water partition coefficient (Wildman–Crippen LogP) is 3.14. The Morgan fingerprint density at radius 3 is 2.26 bits per heavy atom. The molecule has 0 atom stereocenters. The van der Waals surface area contributed by atoms with Crippen molar-refractivity contribution in [2.45, 2.75) is 6.92 Å².